The monoisotopic (exact) mass is 299 g/mol. The van der Waals surface area contributed by atoms with E-state index in [0.717, 1.165) is 39.5 Å². The fraction of sp³-hybridized carbons (Fsp3) is 1.00. The fourth-order valence-electron chi connectivity index (χ4n) is 1.24. The molecule has 0 aliphatic carbocycles. The Hall–Kier alpha value is 0.610. The largest absolute Gasteiger partial charge is 0.379 e. The summed E-state index contributed by atoms with van der Waals surface area (Å²) in [7, 11) is 0. The van der Waals surface area contributed by atoms with E-state index in [1.807, 2.05) is 0 Å². The number of alkyl halides is 1. The van der Waals surface area contributed by atoms with E-state index in [9.17, 15) is 0 Å². The topological polar surface area (TPSA) is 21.7 Å². The number of nitrogens with zero attached hydrogens (tertiary/aromatic N) is 1. The summed E-state index contributed by atoms with van der Waals surface area (Å²) in [4.78, 5) is 2.38. The van der Waals surface area contributed by atoms with Gasteiger partial charge in [0.15, 0.2) is 0 Å². The molecule has 0 amide bonds. The van der Waals surface area contributed by atoms with E-state index in [1.54, 1.807) is 0 Å². The van der Waals surface area contributed by atoms with Gasteiger partial charge in [-0.15, -0.1) is 0 Å². The maximum absolute atomic E-state index is 5.64. The van der Waals surface area contributed by atoms with Gasteiger partial charge in [-0.1, -0.05) is 0 Å². The Morgan fingerprint density at radius 1 is 1.38 bits per heavy atom. The van der Waals surface area contributed by atoms with Crippen LogP contribution in [-0.2, 0) is 9.47 Å². The predicted molar refractivity (Wildman–Crippen MR) is 61.3 cm³/mol. The first-order chi connectivity index (χ1) is 6.08. The molecular formula is C9H18INO2. The minimum Gasteiger partial charge on any atom is -0.379 e. The summed E-state index contributed by atoms with van der Waals surface area (Å²) in [5.41, 5.74) is 0. The van der Waals surface area contributed by atoms with Gasteiger partial charge in [0.05, 0.1) is 19.8 Å². The van der Waals surface area contributed by atoms with Crippen LogP contribution in [0.4, 0.5) is 0 Å². The fourth-order valence-corrected chi connectivity index (χ4v) is 1.46. The van der Waals surface area contributed by atoms with Gasteiger partial charge in [-0.2, -0.15) is 0 Å². The van der Waals surface area contributed by atoms with Gasteiger partial charge in [0.1, 0.15) is 3.61 Å². The van der Waals surface area contributed by atoms with Crippen molar-refractivity contribution in [2.24, 2.45) is 0 Å². The molecule has 1 aliphatic rings. The lowest BCUT2D eigenvalue weighted by Gasteiger charge is -2.27. The van der Waals surface area contributed by atoms with Crippen molar-refractivity contribution in [3.63, 3.8) is 0 Å². The number of hydrogen-bond donors (Lipinski definition) is 0. The molecule has 0 saturated carbocycles. The summed E-state index contributed by atoms with van der Waals surface area (Å²) in [5, 5.41) is 0. The van der Waals surface area contributed by atoms with Crippen LogP contribution in [0.1, 0.15) is 13.8 Å². The number of halogens is 1. The van der Waals surface area contributed by atoms with Gasteiger partial charge in [-0.3, -0.25) is 4.90 Å². The van der Waals surface area contributed by atoms with E-state index in [-0.39, 0.29) is 3.61 Å². The van der Waals surface area contributed by atoms with Crippen molar-refractivity contribution >= 4 is 22.6 Å². The molecule has 13 heavy (non-hydrogen) atoms. The molecule has 0 atom stereocenters. The Morgan fingerprint density at radius 3 is 2.54 bits per heavy atom. The molecule has 78 valence electrons. The maximum Gasteiger partial charge on any atom is 0.113 e. The van der Waals surface area contributed by atoms with Crippen LogP contribution < -0.4 is 0 Å². The maximum atomic E-state index is 5.64. The van der Waals surface area contributed by atoms with Gasteiger partial charge in [-0.05, 0) is 36.4 Å². The number of morpholine rings is 1. The van der Waals surface area contributed by atoms with E-state index < -0.39 is 0 Å². The lowest BCUT2D eigenvalue weighted by atomic mass is 10.4. The molecule has 0 aromatic rings. The molecule has 0 aromatic carbocycles. The standard InChI is InChI=1S/C9H18INO2/c1-9(2,10)13-8-5-11-3-6-12-7-4-11/h3-8H2,1-2H3. The molecule has 1 aliphatic heterocycles. The molecule has 1 heterocycles. The molecule has 0 bridgehead atoms. The second kappa shape index (κ2) is 5.48. The Bertz CT molecular complexity index is 141. The van der Waals surface area contributed by atoms with Crippen molar-refractivity contribution in [3.8, 4) is 0 Å². The van der Waals surface area contributed by atoms with Crippen LogP contribution in [0.3, 0.4) is 0 Å². The molecule has 4 heteroatoms. The van der Waals surface area contributed by atoms with Crippen molar-refractivity contribution in [1.82, 2.24) is 4.90 Å². The summed E-state index contributed by atoms with van der Waals surface area (Å²) in [6.07, 6.45) is 0. The summed E-state index contributed by atoms with van der Waals surface area (Å²) in [6, 6.07) is 0. The third-order valence-electron chi connectivity index (χ3n) is 1.96. The van der Waals surface area contributed by atoms with Crippen LogP contribution in [0, 0.1) is 0 Å². The predicted octanol–water partition coefficient (Wildman–Crippen LogP) is 1.51. The van der Waals surface area contributed by atoms with Crippen molar-refractivity contribution in [1.29, 1.82) is 0 Å². The van der Waals surface area contributed by atoms with E-state index in [2.05, 4.69) is 41.3 Å². The first kappa shape index (κ1) is 11.7. The first-order valence-corrected chi connectivity index (χ1v) is 5.79. The van der Waals surface area contributed by atoms with Crippen LogP contribution in [0.25, 0.3) is 0 Å². The Morgan fingerprint density at radius 2 is 2.00 bits per heavy atom. The van der Waals surface area contributed by atoms with Gasteiger partial charge >= 0.3 is 0 Å². The van der Waals surface area contributed by atoms with Crippen molar-refractivity contribution in [2.45, 2.75) is 17.5 Å². The summed E-state index contributed by atoms with van der Waals surface area (Å²) < 4.78 is 10.9. The Balaban J connectivity index is 2.04. The molecule has 0 unspecified atom stereocenters. The summed E-state index contributed by atoms with van der Waals surface area (Å²) in [5.74, 6) is 0. The molecule has 0 radical (unpaired) electrons. The van der Waals surface area contributed by atoms with Crippen LogP contribution in [-0.4, -0.2) is 48.0 Å². The van der Waals surface area contributed by atoms with Crippen LogP contribution in [0.5, 0.6) is 0 Å². The van der Waals surface area contributed by atoms with Crippen LogP contribution in [0.15, 0.2) is 0 Å². The number of hydrogen-bond acceptors (Lipinski definition) is 3. The molecule has 1 fully saturated rings. The highest BCUT2D eigenvalue weighted by atomic mass is 127. The highest BCUT2D eigenvalue weighted by molar-refractivity contribution is 14.1. The molecule has 1 rings (SSSR count). The molecular weight excluding hydrogens is 281 g/mol. The summed E-state index contributed by atoms with van der Waals surface area (Å²) >= 11 is 2.31. The van der Waals surface area contributed by atoms with Crippen molar-refractivity contribution < 1.29 is 9.47 Å². The third kappa shape index (κ3) is 5.83. The normalized spacial score (nSPS) is 20.5. The average molecular weight is 299 g/mol. The highest BCUT2D eigenvalue weighted by Crippen LogP contribution is 2.17. The van der Waals surface area contributed by atoms with Gasteiger partial charge in [-0.25, -0.2) is 0 Å². The first-order valence-electron chi connectivity index (χ1n) is 4.71. The minimum atomic E-state index is -0.0377. The average Bonchev–Trinajstić information content (AvgIpc) is 2.04. The van der Waals surface area contributed by atoms with E-state index in [1.165, 1.54) is 0 Å². The second-order valence-corrected chi connectivity index (χ2v) is 6.26. The number of rotatable bonds is 4. The van der Waals surface area contributed by atoms with Crippen LogP contribution in [0.2, 0.25) is 0 Å². The molecule has 0 N–H and O–H groups in total. The zero-order valence-corrected chi connectivity index (χ0v) is 10.5. The zero-order chi connectivity index (χ0) is 9.73. The summed E-state index contributed by atoms with van der Waals surface area (Å²) in [6.45, 7) is 9.82. The molecule has 1 saturated heterocycles. The Kier molecular flexibility index (Phi) is 4.93. The third-order valence-corrected chi connectivity index (χ3v) is 2.27. The van der Waals surface area contributed by atoms with Gasteiger partial charge in [0, 0.05) is 19.6 Å². The van der Waals surface area contributed by atoms with E-state index >= 15 is 0 Å². The van der Waals surface area contributed by atoms with Gasteiger partial charge in [0.2, 0.25) is 0 Å². The van der Waals surface area contributed by atoms with Crippen molar-refractivity contribution in [3.05, 3.63) is 0 Å². The van der Waals surface area contributed by atoms with E-state index in [4.69, 9.17) is 9.47 Å². The zero-order valence-electron chi connectivity index (χ0n) is 8.38. The van der Waals surface area contributed by atoms with Gasteiger partial charge in [0.25, 0.3) is 0 Å². The lowest BCUT2D eigenvalue weighted by molar-refractivity contribution is 0.00567. The van der Waals surface area contributed by atoms with E-state index in [0.29, 0.717) is 0 Å². The minimum absolute atomic E-state index is 0.0377. The highest BCUT2D eigenvalue weighted by Gasteiger charge is 2.14. The lowest BCUT2D eigenvalue weighted by Crippen LogP contribution is -2.39. The van der Waals surface area contributed by atoms with Crippen molar-refractivity contribution in [2.75, 3.05) is 39.5 Å². The quantitative estimate of drug-likeness (QED) is 0.580. The Labute approximate surface area is 93.9 Å². The molecule has 0 spiro atoms. The van der Waals surface area contributed by atoms with Crippen LogP contribution >= 0.6 is 22.6 Å². The number of ether oxygens (including phenoxy) is 2. The smallest absolute Gasteiger partial charge is 0.113 e. The molecule has 0 aromatic heterocycles. The molecule has 3 nitrogen and oxygen atoms in total. The van der Waals surface area contributed by atoms with Gasteiger partial charge < -0.3 is 9.47 Å². The SMILES string of the molecule is CC(C)(I)OCCN1CCOCC1. The second-order valence-electron chi connectivity index (χ2n) is 3.67.